The van der Waals surface area contributed by atoms with Crippen LogP contribution in [0, 0.1) is 0 Å². The molecule has 30 heavy (non-hydrogen) atoms. The average molecular weight is 443 g/mol. The van der Waals surface area contributed by atoms with Gasteiger partial charge in [-0.25, -0.2) is 9.97 Å². The first-order valence-corrected chi connectivity index (χ1v) is 10.9. The molecule has 7 nitrogen and oxygen atoms in total. The first-order valence-electron chi connectivity index (χ1n) is 9.13. The van der Waals surface area contributed by atoms with Gasteiger partial charge in [0.25, 0.3) is 5.91 Å². The van der Waals surface area contributed by atoms with Crippen molar-refractivity contribution in [3.05, 3.63) is 65.5 Å². The molecule has 0 aliphatic heterocycles. The minimum atomic E-state index is -0.522. The van der Waals surface area contributed by atoms with Gasteiger partial charge in [0.2, 0.25) is 11.8 Å². The van der Waals surface area contributed by atoms with Gasteiger partial charge in [-0.2, -0.15) is 0 Å². The maximum atomic E-state index is 12.4. The van der Waals surface area contributed by atoms with Crippen LogP contribution in [0.5, 0.6) is 0 Å². The Hall–Kier alpha value is -2.91. The van der Waals surface area contributed by atoms with E-state index < -0.39 is 5.91 Å². The van der Waals surface area contributed by atoms with Gasteiger partial charge < -0.3 is 10.2 Å². The van der Waals surface area contributed by atoms with Crippen LogP contribution >= 0.6 is 23.1 Å². The number of aromatic nitrogens is 2. The molecule has 0 aliphatic carbocycles. The predicted octanol–water partition coefficient (Wildman–Crippen LogP) is 4.47. The zero-order valence-corrected chi connectivity index (χ0v) is 18.5. The van der Waals surface area contributed by atoms with E-state index in [-0.39, 0.29) is 11.3 Å². The van der Waals surface area contributed by atoms with Crippen LogP contribution in [0.1, 0.15) is 48.3 Å². The van der Waals surface area contributed by atoms with Crippen LogP contribution in [0.3, 0.4) is 0 Å². The van der Waals surface area contributed by atoms with Crippen molar-refractivity contribution in [2.45, 2.75) is 36.1 Å². The van der Waals surface area contributed by atoms with E-state index in [1.807, 2.05) is 0 Å². The predicted molar refractivity (Wildman–Crippen MR) is 120 cm³/mol. The fraction of sp³-hybridized carbons (Fsp3) is 0.238. The summed E-state index contributed by atoms with van der Waals surface area (Å²) in [4.78, 5) is 31.8. The third-order valence-electron chi connectivity index (χ3n) is 3.95. The van der Waals surface area contributed by atoms with Gasteiger partial charge >= 0.3 is 0 Å². The monoisotopic (exact) mass is 442 g/mol. The van der Waals surface area contributed by atoms with E-state index >= 15 is 0 Å². The number of thiazole rings is 1. The number of nitrogens with two attached hydrogens (primary N) is 1. The zero-order chi connectivity index (χ0) is 21.7. The maximum absolute atomic E-state index is 12.4. The number of rotatable bonds is 7. The van der Waals surface area contributed by atoms with Crippen LogP contribution in [0.2, 0.25) is 0 Å². The van der Waals surface area contributed by atoms with Crippen molar-refractivity contribution in [2.75, 3.05) is 5.32 Å². The highest BCUT2D eigenvalue weighted by molar-refractivity contribution is 8.00. The first kappa shape index (κ1) is 21.8. The van der Waals surface area contributed by atoms with Crippen molar-refractivity contribution in [2.24, 2.45) is 5.73 Å². The molecule has 3 N–H and O–H groups in total. The van der Waals surface area contributed by atoms with Crippen molar-refractivity contribution in [1.29, 1.82) is 0 Å². The standard InChI is InChI=1S/C21H22N4O3S2/c1-21(2,3)15-10-23-17(28-15)12-29-18-11-24-20(30-18)25-19(27)14-7-4-13(5-8-14)6-9-16(22)26/h4-11H,12H2,1-3H3,(H2,22,26)(H,24,25,27)/b9-6+. The highest BCUT2D eigenvalue weighted by Crippen LogP contribution is 2.32. The number of oxazole rings is 1. The normalized spacial score (nSPS) is 11.7. The van der Waals surface area contributed by atoms with E-state index in [1.54, 1.807) is 54.5 Å². The van der Waals surface area contributed by atoms with Crippen molar-refractivity contribution in [3.8, 4) is 0 Å². The summed E-state index contributed by atoms with van der Waals surface area (Å²) in [6.45, 7) is 6.23. The Morgan fingerprint density at radius 3 is 2.57 bits per heavy atom. The van der Waals surface area contributed by atoms with Crippen LogP contribution in [-0.4, -0.2) is 21.8 Å². The Bertz CT molecular complexity index is 1060. The maximum Gasteiger partial charge on any atom is 0.257 e. The first-order chi connectivity index (χ1) is 14.2. The van der Waals surface area contributed by atoms with E-state index in [0.717, 1.165) is 15.5 Å². The second-order valence-corrected chi connectivity index (χ2v) is 9.76. The van der Waals surface area contributed by atoms with E-state index in [2.05, 4.69) is 36.1 Å². The third-order valence-corrected chi connectivity index (χ3v) is 6.04. The van der Waals surface area contributed by atoms with Gasteiger partial charge in [0, 0.05) is 17.1 Å². The summed E-state index contributed by atoms with van der Waals surface area (Å²) in [6, 6.07) is 6.82. The highest BCUT2D eigenvalue weighted by atomic mass is 32.2. The van der Waals surface area contributed by atoms with Crippen LogP contribution in [0.15, 0.2) is 51.4 Å². The van der Waals surface area contributed by atoms with E-state index in [9.17, 15) is 9.59 Å². The largest absolute Gasteiger partial charge is 0.444 e. The molecule has 0 saturated carbocycles. The quantitative estimate of drug-likeness (QED) is 0.412. The van der Waals surface area contributed by atoms with Gasteiger partial charge in [0.05, 0.1) is 22.4 Å². The van der Waals surface area contributed by atoms with Crippen LogP contribution in [0.4, 0.5) is 5.13 Å². The lowest BCUT2D eigenvalue weighted by atomic mass is 9.94. The molecule has 1 aromatic carbocycles. The Balaban J connectivity index is 1.55. The lowest BCUT2D eigenvalue weighted by molar-refractivity contribution is -0.113. The molecule has 2 aromatic heterocycles. The average Bonchev–Trinajstić information content (AvgIpc) is 3.34. The summed E-state index contributed by atoms with van der Waals surface area (Å²) in [6.07, 6.45) is 6.35. The number of nitrogens with zero attached hydrogens (tertiary/aromatic N) is 2. The fourth-order valence-electron chi connectivity index (χ4n) is 2.33. The van der Waals surface area contributed by atoms with E-state index in [0.29, 0.717) is 22.3 Å². The molecule has 2 amide bonds. The van der Waals surface area contributed by atoms with E-state index in [1.165, 1.54) is 17.4 Å². The molecule has 0 aliphatic rings. The number of anilines is 1. The van der Waals surface area contributed by atoms with Gasteiger partial charge in [-0.15, -0.1) is 11.8 Å². The minimum Gasteiger partial charge on any atom is -0.444 e. The van der Waals surface area contributed by atoms with Crippen LogP contribution in [0.25, 0.3) is 6.08 Å². The zero-order valence-electron chi connectivity index (χ0n) is 16.8. The highest BCUT2D eigenvalue weighted by Gasteiger charge is 2.19. The Labute approximate surface area is 182 Å². The van der Waals surface area contributed by atoms with Crippen LogP contribution < -0.4 is 11.1 Å². The molecule has 2 heterocycles. The number of amides is 2. The van der Waals surface area contributed by atoms with Gasteiger partial charge in [0.15, 0.2) is 5.13 Å². The molecule has 0 unspecified atom stereocenters. The summed E-state index contributed by atoms with van der Waals surface area (Å²) >= 11 is 2.94. The summed E-state index contributed by atoms with van der Waals surface area (Å²) in [5.74, 6) is 1.33. The molecule has 156 valence electrons. The van der Waals surface area contributed by atoms with Crippen molar-refractivity contribution in [1.82, 2.24) is 9.97 Å². The molecular formula is C21H22N4O3S2. The van der Waals surface area contributed by atoms with Gasteiger partial charge in [-0.05, 0) is 23.8 Å². The number of carbonyl (C=O) groups is 2. The molecule has 3 aromatic rings. The Morgan fingerprint density at radius 1 is 1.20 bits per heavy atom. The minimum absolute atomic E-state index is 0.0752. The molecule has 0 fully saturated rings. The molecule has 0 spiro atoms. The summed E-state index contributed by atoms with van der Waals surface area (Å²) in [7, 11) is 0. The van der Waals surface area contributed by atoms with Crippen molar-refractivity contribution in [3.63, 3.8) is 0 Å². The van der Waals surface area contributed by atoms with E-state index in [4.69, 9.17) is 10.2 Å². The number of carbonyl (C=O) groups excluding carboxylic acids is 2. The fourth-order valence-corrected chi connectivity index (χ4v) is 4.05. The third kappa shape index (κ3) is 6.04. The smallest absolute Gasteiger partial charge is 0.257 e. The van der Waals surface area contributed by atoms with Gasteiger partial charge in [-0.1, -0.05) is 44.2 Å². The molecule has 0 saturated heterocycles. The van der Waals surface area contributed by atoms with Crippen molar-refractivity contribution < 1.29 is 14.0 Å². The molecule has 0 radical (unpaired) electrons. The summed E-state index contributed by atoms with van der Waals surface area (Å²) in [5.41, 5.74) is 6.27. The number of primary amides is 1. The molecule has 9 heteroatoms. The lowest BCUT2D eigenvalue weighted by Gasteiger charge is -2.12. The number of hydrogen-bond donors (Lipinski definition) is 2. The second-order valence-electron chi connectivity index (χ2n) is 7.45. The number of benzene rings is 1. The van der Waals surface area contributed by atoms with Crippen LogP contribution in [-0.2, 0) is 16.0 Å². The molecule has 3 rings (SSSR count). The topological polar surface area (TPSA) is 111 Å². The van der Waals surface area contributed by atoms with Gasteiger partial charge in [-0.3, -0.25) is 14.9 Å². The number of thioether (sulfide) groups is 1. The number of nitrogens with one attached hydrogen (secondary N) is 1. The second kappa shape index (κ2) is 9.27. The number of hydrogen-bond acceptors (Lipinski definition) is 7. The Morgan fingerprint density at radius 2 is 1.93 bits per heavy atom. The summed E-state index contributed by atoms with van der Waals surface area (Å²) in [5, 5.41) is 3.31. The lowest BCUT2D eigenvalue weighted by Crippen LogP contribution is -2.11. The summed E-state index contributed by atoms with van der Waals surface area (Å²) < 4.78 is 6.74. The molecular weight excluding hydrogens is 420 g/mol. The van der Waals surface area contributed by atoms with Crippen molar-refractivity contribution >= 4 is 46.1 Å². The molecule has 0 atom stereocenters. The SMILES string of the molecule is CC(C)(C)c1cnc(CSc2cnc(NC(=O)c3ccc(/C=C/C(N)=O)cc3)s2)o1. The van der Waals surface area contributed by atoms with Gasteiger partial charge in [0.1, 0.15) is 5.76 Å². The Kier molecular flexibility index (Phi) is 6.73. The molecule has 0 bridgehead atoms.